The molecule has 3 aromatic heterocycles. The van der Waals surface area contributed by atoms with Gasteiger partial charge < -0.3 is 14.9 Å². The van der Waals surface area contributed by atoms with Crippen LogP contribution >= 0.6 is 0 Å². The van der Waals surface area contributed by atoms with Crippen molar-refractivity contribution in [1.82, 2.24) is 19.4 Å². The predicted molar refractivity (Wildman–Crippen MR) is 98.8 cm³/mol. The molecule has 4 heterocycles. The maximum atomic E-state index is 13.3. The van der Waals surface area contributed by atoms with Gasteiger partial charge in [0.2, 0.25) is 0 Å². The molecule has 4 rings (SSSR count). The van der Waals surface area contributed by atoms with Gasteiger partial charge in [0.15, 0.2) is 0 Å². The zero-order valence-electron chi connectivity index (χ0n) is 14.8. The minimum absolute atomic E-state index is 0.0274. The molecule has 0 saturated carbocycles. The average molecular weight is 386 g/mol. The predicted octanol–water partition coefficient (Wildman–Crippen LogP) is 0.972. The number of amides is 1. The molecule has 1 saturated heterocycles. The van der Waals surface area contributed by atoms with Gasteiger partial charge in [0.25, 0.3) is 11.8 Å². The molecule has 0 aliphatic carbocycles. The van der Waals surface area contributed by atoms with E-state index in [1.165, 1.54) is 23.4 Å². The van der Waals surface area contributed by atoms with Crippen LogP contribution in [0.4, 0.5) is 8.78 Å². The Morgan fingerprint density at radius 1 is 1.11 bits per heavy atom. The molecular weight excluding hydrogens is 369 g/mol. The number of pyridine rings is 2. The lowest BCUT2D eigenvalue weighted by Crippen LogP contribution is -2.42. The van der Waals surface area contributed by atoms with E-state index in [-0.39, 0.29) is 37.4 Å². The molecule has 0 unspecified atom stereocenters. The second-order valence-corrected chi connectivity index (χ2v) is 6.79. The molecule has 3 aromatic rings. The smallest absolute Gasteiger partial charge is 0.422 e. The molecule has 0 aromatic carbocycles. The lowest BCUT2D eigenvalue weighted by molar-refractivity contribution is -0.0494. The van der Waals surface area contributed by atoms with E-state index >= 15 is 0 Å². The molecule has 10 heteroatoms. The zero-order valence-corrected chi connectivity index (χ0v) is 14.8. The first kappa shape index (κ1) is 18.5. The van der Waals surface area contributed by atoms with E-state index in [9.17, 15) is 13.6 Å². The molecule has 28 heavy (non-hydrogen) atoms. The first-order chi connectivity index (χ1) is 13.3. The van der Waals surface area contributed by atoms with Gasteiger partial charge in [-0.25, -0.2) is 13.8 Å². The average Bonchev–Trinajstić information content (AvgIpc) is 3.10. The summed E-state index contributed by atoms with van der Waals surface area (Å²) in [6, 6.07) is 6.65. The van der Waals surface area contributed by atoms with Crippen molar-refractivity contribution in [3.63, 3.8) is 0 Å². The van der Waals surface area contributed by atoms with Gasteiger partial charge in [0.05, 0.1) is 23.0 Å². The van der Waals surface area contributed by atoms with Gasteiger partial charge in [-0.3, -0.25) is 14.3 Å². The van der Waals surface area contributed by atoms with Crippen LogP contribution in [-0.2, 0) is 0 Å². The number of rotatable bonds is 3. The number of nitrogens with zero attached hydrogens (tertiary/aromatic N) is 4. The van der Waals surface area contributed by atoms with E-state index < -0.39 is 13.0 Å². The van der Waals surface area contributed by atoms with Gasteiger partial charge in [-0.15, -0.1) is 0 Å². The van der Waals surface area contributed by atoms with E-state index in [2.05, 4.69) is 9.97 Å². The van der Waals surface area contributed by atoms with Gasteiger partial charge in [0, 0.05) is 43.7 Å². The van der Waals surface area contributed by atoms with Crippen molar-refractivity contribution in [3.8, 4) is 5.69 Å². The molecule has 7 nitrogen and oxygen atoms in total. The number of piperidine rings is 1. The number of hydrogen-bond donors (Lipinski definition) is 2. The van der Waals surface area contributed by atoms with Crippen molar-refractivity contribution >= 4 is 29.7 Å². The van der Waals surface area contributed by atoms with Crippen LogP contribution in [0.1, 0.15) is 23.2 Å². The van der Waals surface area contributed by atoms with Gasteiger partial charge in [-0.1, -0.05) is 0 Å². The fraction of sp³-hybridized carbons (Fsp3) is 0.278. The molecule has 0 atom stereocenters. The maximum absolute atomic E-state index is 13.3. The third kappa shape index (κ3) is 3.48. The number of carbonyl (C=O) groups is 1. The minimum Gasteiger partial charge on any atom is -0.422 e. The third-order valence-corrected chi connectivity index (χ3v) is 4.87. The van der Waals surface area contributed by atoms with Crippen LogP contribution < -0.4 is 5.59 Å². The topological polar surface area (TPSA) is 91.5 Å². The van der Waals surface area contributed by atoms with Crippen LogP contribution in [0.2, 0.25) is 0 Å². The molecule has 1 aliphatic heterocycles. The largest absolute Gasteiger partial charge is 0.508 e. The summed E-state index contributed by atoms with van der Waals surface area (Å²) >= 11 is 0. The molecule has 0 radical (unpaired) electrons. The van der Waals surface area contributed by atoms with Crippen molar-refractivity contribution in [3.05, 3.63) is 48.4 Å². The number of fused-ring (bicyclic) bond motifs is 1. The fourth-order valence-electron chi connectivity index (χ4n) is 3.26. The second kappa shape index (κ2) is 6.95. The van der Waals surface area contributed by atoms with Crippen molar-refractivity contribution in [2.75, 3.05) is 13.1 Å². The Bertz CT molecular complexity index is 1010. The molecule has 1 amide bonds. The maximum Gasteiger partial charge on any atom is 0.508 e. The van der Waals surface area contributed by atoms with Gasteiger partial charge >= 0.3 is 7.12 Å². The van der Waals surface area contributed by atoms with Gasteiger partial charge in [-0.2, -0.15) is 0 Å². The lowest BCUT2D eigenvalue weighted by Gasteiger charge is -2.31. The number of hydrogen-bond acceptors (Lipinski definition) is 5. The zero-order chi connectivity index (χ0) is 19.9. The Kier molecular flexibility index (Phi) is 4.60. The molecule has 0 spiro atoms. The summed E-state index contributed by atoms with van der Waals surface area (Å²) in [7, 11) is -1.64. The number of carbonyl (C=O) groups excluding carboxylic acids is 1. The highest BCUT2D eigenvalue weighted by atomic mass is 19.3. The van der Waals surface area contributed by atoms with Crippen LogP contribution in [0, 0.1) is 0 Å². The summed E-state index contributed by atoms with van der Waals surface area (Å²) in [6.07, 6.45) is 4.04. The minimum atomic E-state index is -2.70. The molecule has 2 N–H and O–H groups in total. The Hall–Kier alpha value is -2.85. The van der Waals surface area contributed by atoms with Crippen molar-refractivity contribution in [1.29, 1.82) is 0 Å². The van der Waals surface area contributed by atoms with Crippen molar-refractivity contribution in [2.45, 2.75) is 18.8 Å². The molecule has 0 bridgehead atoms. The fourth-order valence-corrected chi connectivity index (χ4v) is 3.26. The van der Waals surface area contributed by atoms with E-state index in [0.717, 1.165) is 5.39 Å². The summed E-state index contributed by atoms with van der Waals surface area (Å²) in [5.74, 6) is -3.01. The van der Waals surface area contributed by atoms with Crippen LogP contribution in [0.25, 0.3) is 16.7 Å². The van der Waals surface area contributed by atoms with Gasteiger partial charge in [0.1, 0.15) is 5.65 Å². The van der Waals surface area contributed by atoms with Crippen molar-refractivity contribution < 1.29 is 23.6 Å². The molecule has 1 aliphatic rings. The van der Waals surface area contributed by atoms with E-state index in [0.29, 0.717) is 16.9 Å². The summed E-state index contributed by atoms with van der Waals surface area (Å²) in [5.41, 5.74) is 1.76. The van der Waals surface area contributed by atoms with Crippen LogP contribution in [0.15, 0.2) is 42.9 Å². The Morgan fingerprint density at radius 3 is 2.50 bits per heavy atom. The number of halogens is 2. The van der Waals surface area contributed by atoms with E-state index in [1.807, 2.05) is 0 Å². The van der Waals surface area contributed by atoms with E-state index in [1.54, 1.807) is 29.0 Å². The SMILES string of the molecule is O=C(c1cnc2c(ccn2-c2ccc(B(O)O)nc2)c1)N1CCC(F)(F)CC1. The second-order valence-electron chi connectivity index (χ2n) is 6.79. The Labute approximate surface area is 159 Å². The summed E-state index contributed by atoms with van der Waals surface area (Å²) in [4.78, 5) is 22.4. The molecule has 1 fully saturated rings. The van der Waals surface area contributed by atoms with Gasteiger partial charge in [-0.05, 0) is 24.3 Å². The highest BCUT2D eigenvalue weighted by Gasteiger charge is 2.35. The highest BCUT2D eigenvalue weighted by molar-refractivity contribution is 6.57. The number of alkyl halides is 2. The Balaban J connectivity index is 1.58. The normalized spacial score (nSPS) is 16.4. The van der Waals surface area contributed by atoms with Crippen LogP contribution in [-0.4, -0.2) is 61.5 Å². The Morgan fingerprint density at radius 2 is 1.86 bits per heavy atom. The standard InChI is InChI=1S/C18H17BF2N4O3/c20-18(21)4-7-24(8-5-18)17(26)13-9-12-3-6-25(16(12)23-10-13)14-1-2-15(19(27)28)22-11-14/h1-3,6,9-11,27-28H,4-5,7-8H2. The van der Waals surface area contributed by atoms with Crippen LogP contribution in [0.3, 0.4) is 0 Å². The molecule has 144 valence electrons. The number of likely N-dealkylation sites (tertiary alicyclic amines) is 1. The highest BCUT2D eigenvalue weighted by Crippen LogP contribution is 2.28. The number of aromatic nitrogens is 3. The molecular formula is C18H17BF2N4O3. The quantitative estimate of drug-likeness (QED) is 0.655. The van der Waals surface area contributed by atoms with E-state index in [4.69, 9.17) is 10.0 Å². The summed E-state index contributed by atoms with van der Waals surface area (Å²) < 4.78 is 28.4. The summed E-state index contributed by atoms with van der Waals surface area (Å²) in [6.45, 7) is 0.0548. The van der Waals surface area contributed by atoms with Crippen molar-refractivity contribution in [2.24, 2.45) is 0 Å². The lowest BCUT2D eigenvalue weighted by atomic mass is 9.86. The van der Waals surface area contributed by atoms with Crippen LogP contribution in [0.5, 0.6) is 0 Å². The summed E-state index contributed by atoms with van der Waals surface area (Å²) in [5, 5.41) is 19.0. The first-order valence-electron chi connectivity index (χ1n) is 8.81. The third-order valence-electron chi connectivity index (χ3n) is 4.87. The monoisotopic (exact) mass is 386 g/mol. The first-order valence-corrected chi connectivity index (χ1v) is 8.81.